The zero-order valence-corrected chi connectivity index (χ0v) is 14.3. The second-order valence-corrected chi connectivity index (χ2v) is 6.12. The van der Waals surface area contributed by atoms with Gasteiger partial charge in [0.2, 0.25) is 5.91 Å². The lowest BCUT2D eigenvalue weighted by Gasteiger charge is -2.10. The molecule has 0 bridgehead atoms. The predicted octanol–water partition coefficient (Wildman–Crippen LogP) is 4.84. The van der Waals surface area contributed by atoms with Crippen LogP contribution in [-0.4, -0.2) is 17.0 Å². The molecular weight excluding hydrogens is 371 g/mol. The number of aromatic carboxylic acids is 1. The summed E-state index contributed by atoms with van der Waals surface area (Å²) in [6.07, 6.45) is -4.41. The van der Waals surface area contributed by atoms with Crippen LogP contribution in [0, 0.1) is 0 Å². The first-order chi connectivity index (χ1) is 13.1. The van der Waals surface area contributed by atoms with Crippen molar-refractivity contribution in [1.29, 1.82) is 0 Å². The maximum atomic E-state index is 12.7. The number of benzene rings is 3. The molecule has 142 valence electrons. The Morgan fingerprint density at radius 1 is 0.750 bits per heavy atom. The smallest absolute Gasteiger partial charge is 0.416 e. The number of amides is 1. The first-order valence-electron chi connectivity index (χ1n) is 8.11. The summed E-state index contributed by atoms with van der Waals surface area (Å²) in [5.74, 6) is -1.97. The quantitative estimate of drug-likeness (QED) is 0.675. The Morgan fingerprint density at radius 2 is 1.32 bits per heavy atom. The predicted molar refractivity (Wildman–Crippen MR) is 97.8 cm³/mol. The monoisotopic (exact) mass is 385 g/mol. The highest BCUT2D eigenvalue weighted by Gasteiger charge is 2.29. The summed E-state index contributed by atoms with van der Waals surface area (Å²) in [6.45, 7) is 0. The van der Waals surface area contributed by atoms with E-state index >= 15 is 0 Å². The largest absolute Gasteiger partial charge is 0.478 e. The van der Waals surface area contributed by atoms with E-state index in [9.17, 15) is 27.9 Å². The van der Waals surface area contributed by atoms with Gasteiger partial charge in [0.1, 0.15) is 0 Å². The first-order valence-corrected chi connectivity index (χ1v) is 8.11. The fraction of sp³-hybridized carbons (Fsp3) is 0.0476. The zero-order valence-electron chi connectivity index (χ0n) is 14.3. The van der Waals surface area contributed by atoms with Crippen molar-refractivity contribution in [3.63, 3.8) is 0 Å². The van der Waals surface area contributed by atoms with Gasteiger partial charge in [-0.05, 0) is 58.7 Å². The van der Waals surface area contributed by atoms with Crippen molar-refractivity contribution in [2.45, 2.75) is 6.18 Å². The Morgan fingerprint density at radius 3 is 1.86 bits per heavy atom. The van der Waals surface area contributed by atoms with Gasteiger partial charge >= 0.3 is 12.1 Å². The van der Waals surface area contributed by atoms with Crippen LogP contribution in [0.3, 0.4) is 0 Å². The van der Waals surface area contributed by atoms with E-state index in [1.807, 2.05) is 0 Å². The summed E-state index contributed by atoms with van der Waals surface area (Å²) in [5.41, 5.74) is 6.77. The third-order valence-electron chi connectivity index (χ3n) is 4.21. The van der Waals surface area contributed by atoms with Gasteiger partial charge in [0.25, 0.3) is 0 Å². The van der Waals surface area contributed by atoms with Crippen molar-refractivity contribution in [2.75, 3.05) is 0 Å². The van der Waals surface area contributed by atoms with Crippen LogP contribution in [0.4, 0.5) is 13.2 Å². The summed E-state index contributed by atoms with van der Waals surface area (Å²) in [6, 6.07) is 15.6. The van der Waals surface area contributed by atoms with E-state index in [0.717, 1.165) is 12.1 Å². The van der Waals surface area contributed by atoms with Crippen LogP contribution in [-0.2, 0) is 6.18 Å². The third-order valence-corrected chi connectivity index (χ3v) is 4.21. The molecule has 3 N–H and O–H groups in total. The molecular formula is C21H14F3NO3. The minimum absolute atomic E-state index is 0.0508. The van der Waals surface area contributed by atoms with Gasteiger partial charge in [0.15, 0.2) is 0 Å². The molecule has 1 amide bonds. The van der Waals surface area contributed by atoms with E-state index in [4.69, 9.17) is 5.73 Å². The van der Waals surface area contributed by atoms with E-state index in [1.54, 1.807) is 24.3 Å². The van der Waals surface area contributed by atoms with E-state index in [1.165, 1.54) is 30.3 Å². The summed E-state index contributed by atoms with van der Waals surface area (Å²) < 4.78 is 38.2. The molecule has 0 saturated heterocycles. The summed E-state index contributed by atoms with van der Waals surface area (Å²) in [5, 5.41) is 9.24. The first kappa shape index (κ1) is 19.2. The number of carbonyl (C=O) groups excluding carboxylic acids is 1. The van der Waals surface area contributed by atoms with Gasteiger partial charge in [0, 0.05) is 5.56 Å². The molecule has 0 unspecified atom stereocenters. The fourth-order valence-corrected chi connectivity index (χ4v) is 2.79. The normalized spacial score (nSPS) is 11.2. The van der Waals surface area contributed by atoms with E-state index < -0.39 is 23.6 Å². The van der Waals surface area contributed by atoms with Crippen molar-refractivity contribution in [3.05, 3.63) is 83.4 Å². The number of hydrogen-bond donors (Lipinski definition) is 2. The Balaban J connectivity index is 2.04. The van der Waals surface area contributed by atoms with Crippen LogP contribution in [0.1, 0.15) is 26.3 Å². The molecule has 4 nitrogen and oxygen atoms in total. The molecule has 0 aliphatic heterocycles. The lowest BCUT2D eigenvalue weighted by atomic mass is 9.96. The number of carbonyl (C=O) groups is 2. The molecule has 0 heterocycles. The summed E-state index contributed by atoms with van der Waals surface area (Å²) in [7, 11) is 0. The van der Waals surface area contributed by atoms with Crippen molar-refractivity contribution < 1.29 is 27.9 Å². The van der Waals surface area contributed by atoms with Crippen LogP contribution in [0.5, 0.6) is 0 Å². The Hall–Kier alpha value is -3.61. The molecule has 3 aromatic carbocycles. The molecule has 0 atom stereocenters. The van der Waals surface area contributed by atoms with Gasteiger partial charge in [-0.3, -0.25) is 4.79 Å². The van der Waals surface area contributed by atoms with Crippen LogP contribution < -0.4 is 5.73 Å². The fourth-order valence-electron chi connectivity index (χ4n) is 2.79. The number of alkyl halides is 3. The molecule has 3 rings (SSSR count). The van der Waals surface area contributed by atoms with E-state index in [0.29, 0.717) is 22.3 Å². The molecule has 0 saturated carbocycles. The van der Waals surface area contributed by atoms with Gasteiger partial charge in [-0.2, -0.15) is 13.2 Å². The standard InChI is InChI=1S/C21H14F3NO3/c22-21(23,24)18-6-4-12(5-7-18)13-2-1-3-14(8-13)15-9-16(19(25)26)11-17(10-15)20(27)28/h1-11H,(H2,25,26)(H,27,28). The number of carboxylic acid groups (broad SMARTS) is 1. The number of carboxylic acids is 1. The van der Waals surface area contributed by atoms with E-state index in [-0.39, 0.29) is 11.1 Å². The van der Waals surface area contributed by atoms with Crippen LogP contribution >= 0.6 is 0 Å². The molecule has 0 spiro atoms. The van der Waals surface area contributed by atoms with E-state index in [2.05, 4.69) is 0 Å². The Labute approximate surface area is 158 Å². The molecule has 3 aromatic rings. The van der Waals surface area contributed by atoms with Crippen LogP contribution in [0.15, 0.2) is 66.7 Å². The van der Waals surface area contributed by atoms with Gasteiger partial charge < -0.3 is 10.8 Å². The Bertz CT molecular complexity index is 1020. The zero-order chi connectivity index (χ0) is 20.5. The van der Waals surface area contributed by atoms with Crippen molar-refractivity contribution >= 4 is 11.9 Å². The molecule has 28 heavy (non-hydrogen) atoms. The number of nitrogens with two attached hydrogens (primary N) is 1. The van der Waals surface area contributed by atoms with Gasteiger partial charge in [-0.15, -0.1) is 0 Å². The topological polar surface area (TPSA) is 80.4 Å². The average molecular weight is 385 g/mol. The van der Waals surface area contributed by atoms with Crippen LogP contribution in [0.25, 0.3) is 22.3 Å². The SMILES string of the molecule is NC(=O)c1cc(C(=O)O)cc(-c2cccc(-c3ccc(C(F)(F)F)cc3)c2)c1. The number of rotatable bonds is 4. The lowest BCUT2D eigenvalue weighted by molar-refractivity contribution is -0.137. The third kappa shape index (κ3) is 4.03. The number of primary amides is 1. The van der Waals surface area contributed by atoms with Crippen molar-refractivity contribution in [3.8, 4) is 22.3 Å². The average Bonchev–Trinajstić information content (AvgIpc) is 2.67. The highest BCUT2D eigenvalue weighted by atomic mass is 19.4. The minimum Gasteiger partial charge on any atom is -0.478 e. The molecule has 0 aliphatic carbocycles. The highest BCUT2D eigenvalue weighted by molar-refractivity contribution is 5.98. The molecule has 7 heteroatoms. The molecule has 0 radical (unpaired) electrons. The second-order valence-electron chi connectivity index (χ2n) is 6.12. The van der Waals surface area contributed by atoms with Gasteiger partial charge in [-0.25, -0.2) is 4.79 Å². The maximum Gasteiger partial charge on any atom is 0.416 e. The lowest BCUT2D eigenvalue weighted by Crippen LogP contribution is -2.12. The van der Waals surface area contributed by atoms with Gasteiger partial charge in [0.05, 0.1) is 11.1 Å². The van der Waals surface area contributed by atoms with Crippen LogP contribution in [0.2, 0.25) is 0 Å². The Kier molecular flexibility index (Phi) is 4.92. The minimum atomic E-state index is -4.41. The van der Waals surface area contributed by atoms with Crippen molar-refractivity contribution in [1.82, 2.24) is 0 Å². The molecule has 0 aliphatic rings. The molecule has 0 aromatic heterocycles. The van der Waals surface area contributed by atoms with Gasteiger partial charge in [-0.1, -0.05) is 30.3 Å². The van der Waals surface area contributed by atoms with Crippen molar-refractivity contribution in [2.24, 2.45) is 5.73 Å². The maximum absolute atomic E-state index is 12.7. The summed E-state index contributed by atoms with van der Waals surface area (Å²) in [4.78, 5) is 22.8. The second kappa shape index (κ2) is 7.19. The number of halogens is 3. The highest BCUT2D eigenvalue weighted by Crippen LogP contribution is 2.32. The molecule has 0 fully saturated rings. The summed E-state index contributed by atoms with van der Waals surface area (Å²) >= 11 is 0. The number of hydrogen-bond acceptors (Lipinski definition) is 2.